The maximum absolute atomic E-state index is 14.3. The summed E-state index contributed by atoms with van der Waals surface area (Å²) in [6.45, 7) is 3.40. The Labute approximate surface area is 171 Å². The lowest BCUT2D eigenvalue weighted by Gasteiger charge is -2.15. The van der Waals surface area contributed by atoms with E-state index in [9.17, 15) is 4.39 Å². The van der Waals surface area contributed by atoms with Crippen LogP contribution in [0.3, 0.4) is 0 Å². The van der Waals surface area contributed by atoms with E-state index in [0.717, 1.165) is 47.1 Å². The van der Waals surface area contributed by atoms with Gasteiger partial charge in [-0.15, -0.1) is 0 Å². The number of aromatic nitrogens is 5. The van der Waals surface area contributed by atoms with Crippen LogP contribution >= 0.6 is 0 Å². The topological polar surface area (TPSA) is 101 Å². The maximum atomic E-state index is 14.3. The zero-order chi connectivity index (χ0) is 20.7. The number of halogens is 1. The van der Waals surface area contributed by atoms with E-state index in [-0.39, 0.29) is 11.8 Å². The number of hydrogen-bond acceptors (Lipinski definition) is 7. The van der Waals surface area contributed by atoms with Crippen molar-refractivity contribution in [3.8, 4) is 11.8 Å². The van der Waals surface area contributed by atoms with Gasteiger partial charge in [-0.05, 0) is 37.6 Å². The predicted octanol–water partition coefficient (Wildman–Crippen LogP) is 3.56. The number of nitrogens with zero attached hydrogens (tertiary/aromatic N) is 4. The summed E-state index contributed by atoms with van der Waals surface area (Å²) in [4.78, 5) is 20.9. The van der Waals surface area contributed by atoms with E-state index < -0.39 is 0 Å². The van der Waals surface area contributed by atoms with Crippen LogP contribution in [0.5, 0.6) is 11.8 Å². The Hall–Kier alpha value is -3.59. The molecule has 152 valence electrons. The lowest BCUT2D eigenvalue weighted by atomic mass is 10.0. The number of ether oxygens (including phenoxy) is 1. The third-order valence-corrected chi connectivity index (χ3v) is 5.11. The second-order valence-electron chi connectivity index (χ2n) is 7.08. The number of rotatable bonds is 4. The first kappa shape index (κ1) is 18.4. The van der Waals surface area contributed by atoms with Gasteiger partial charge in [0.15, 0.2) is 5.75 Å². The van der Waals surface area contributed by atoms with Crippen molar-refractivity contribution in [3.63, 3.8) is 0 Å². The average Bonchev–Trinajstić information content (AvgIpc) is 3.13. The third kappa shape index (κ3) is 3.22. The van der Waals surface area contributed by atoms with Gasteiger partial charge in [-0.1, -0.05) is 6.08 Å². The smallest absolute Gasteiger partial charge is 0.324 e. The fourth-order valence-corrected chi connectivity index (χ4v) is 3.69. The number of nitrogens with one attached hydrogen (secondary N) is 3. The number of anilines is 1. The monoisotopic (exact) mass is 405 g/mol. The Balaban J connectivity index is 1.74. The lowest BCUT2D eigenvalue weighted by Crippen LogP contribution is -2.20. The van der Waals surface area contributed by atoms with Gasteiger partial charge < -0.3 is 20.4 Å². The molecule has 1 aromatic carbocycles. The molecule has 30 heavy (non-hydrogen) atoms. The summed E-state index contributed by atoms with van der Waals surface area (Å²) in [5, 5.41) is 7.85. The Morgan fingerprint density at radius 1 is 1.17 bits per heavy atom. The summed E-state index contributed by atoms with van der Waals surface area (Å²) < 4.78 is 20.2. The second kappa shape index (κ2) is 7.34. The first-order valence-electron chi connectivity index (χ1n) is 9.69. The summed E-state index contributed by atoms with van der Waals surface area (Å²) in [5.41, 5.74) is 3.82. The average molecular weight is 405 g/mol. The summed E-state index contributed by atoms with van der Waals surface area (Å²) in [7, 11) is 1.76. The minimum atomic E-state index is -0.324. The molecule has 1 aliphatic heterocycles. The fourth-order valence-electron chi connectivity index (χ4n) is 3.69. The molecular formula is C21H20FN7O. The molecule has 4 aromatic rings. The van der Waals surface area contributed by atoms with Crippen LogP contribution in [0.4, 0.5) is 10.1 Å². The van der Waals surface area contributed by atoms with Gasteiger partial charge in [0.2, 0.25) is 0 Å². The van der Waals surface area contributed by atoms with Gasteiger partial charge in [-0.3, -0.25) is 0 Å². The minimum absolute atomic E-state index is 0.183. The van der Waals surface area contributed by atoms with E-state index in [0.29, 0.717) is 22.9 Å². The van der Waals surface area contributed by atoms with Crippen LogP contribution in [0.25, 0.3) is 27.5 Å². The molecule has 1 aliphatic rings. The largest absolute Gasteiger partial charge is 0.421 e. The van der Waals surface area contributed by atoms with E-state index in [1.54, 1.807) is 26.4 Å². The zero-order valence-electron chi connectivity index (χ0n) is 16.6. The second-order valence-corrected chi connectivity index (χ2v) is 7.08. The normalized spacial score (nSPS) is 14.2. The van der Waals surface area contributed by atoms with Gasteiger partial charge in [0.1, 0.15) is 17.3 Å². The minimum Gasteiger partial charge on any atom is -0.421 e. The Bertz CT molecular complexity index is 1280. The van der Waals surface area contributed by atoms with Gasteiger partial charge in [0, 0.05) is 19.0 Å². The molecule has 5 rings (SSSR count). The molecule has 0 saturated heterocycles. The van der Waals surface area contributed by atoms with E-state index in [2.05, 4.69) is 36.6 Å². The van der Waals surface area contributed by atoms with Gasteiger partial charge in [-0.2, -0.15) is 9.97 Å². The molecule has 3 aromatic heterocycles. The van der Waals surface area contributed by atoms with Crippen molar-refractivity contribution in [2.75, 3.05) is 25.5 Å². The Morgan fingerprint density at radius 2 is 2.00 bits per heavy atom. The third-order valence-electron chi connectivity index (χ3n) is 5.11. The highest BCUT2D eigenvalue weighted by molar-refractivity contribution is 6.13. The summed E-state index contributed by atoms with van der Waals surface area (Å²) in [6, 6.07) is 3.15. The molecule has 9 heteroatoms. The molecule has 0 spiro atoms. The molecule has 0 radical (unpaired) electrons. The van der Waals surface area contributed by atoms with Crippen LogP contribution in [0.1, 0.15) is 17.9 Å². The molecule has 8 nitrogen and oxygen atoms in total. The molecule has 0 saturated carbocycles. The molecule has 0 bridgehead atoms. The van der Waals surface area contributed by atoms with Crippen LogP contribution in [-0.4, -0.2) is 45.1 Å². The lowest BCUT2D eigenvalue weighted by molar-refractivity contribution is 0.438. The van der Waals surface area contributed by atoms with Crippen LogP contribution in [-0.2, 0) is 0 Å². The van der Waals surface area contributed by atoms with Crippen LogP contribution in [0.15, 0.2) is 30.6 Å². The van der Waals surface area contributed by atoms with Crippen molar-refractivity contribution in [3.05, 3.63) is 47.9 Å². The number of aryl methyl sites for hydroxylation is 1. The Morgan fingerprint density at radius 3 is 2.73 bits per heavy atom. The molecule has 4 heterocycles. The summed E-state index contributed by atoms with van der Waals surface area (Å²) in [5.74, 6) is 0.773. The first-order valence-corrected chi connectivity index (χ1v) is 9.69. The van der Waals surface area contributed by atoms with Crippen LogP contribution in [0.2, 0.25) is 0 Å². The molecule has 0 unspecified atom stereocenters. The summed E-state index contributed by atoms with van der Waals surface area (Å²) >= 11 is 0. The van der Waals surface area contributed by atoms with Crippen molar-refractivity contribution in [1.82, 2.24) is 30.2 Å². The maximum Gasteiger partial charge on any atom is 0.324 e. The van der Waals surface area contributed by atoms with Crippen molar-refractivity contribution in [2.24, 2.45) is 0 Å². The number of hydrogen-bond donors (Lipinski definition) is 3. The van der Waals surface area contributed by atoms with Gasteiger partial charge in [0.05, 0.1) is 34.7 Å². The molecule has 0 atom stereocenters. The fraction of sp³-hybridized carbons (Fsp3) is 0.238. The summed E-state index contributed by atoms with van der Waals surface area (Å²) in [6.07, 6.45) is 6.07. The molecular weight excluding hydrogens is 385 g/mol. The highest BCUT2D eigenvalue weighted by Crippen LogP contribution is 2.36. The zero-order valence-corrected chi connectivity index (χ0v) is 16.6. The van der Waals surface area contributed by atoms with E-state index in [4.69, 9.17) is 9.72 Å². The van der Waals surface area contributed by atoms with Crippen molar-refractivity contribution < 1.29 is 9.13 Å². The Kier molecular flexibility index (Phi) is 4.51. The van der Waals surface area contributed by atoms with E-state index >= 15 is 0 Å². The number of benzene rings is 1. The SMILES string of the molecule is CNc1cc(F)cc2c1[nH]c1nc(Oc3cnc(C)nc3)nc(C3=CCNCC3)c12. The van der Waals surface area contributed by atoms with Gasteiger partial charge >= 0.3 is 6.01 Å². The van der Waals surface area contributed by atoms with Crippen molar-refractivity contribution in [1.29, 1.82) is 0 Å². The van der Waals surface area contributed by atoms with Gasteiger partial charge in [0.25, 0.3) is 0 Å². The highest BCUT2D eigenvalue weighted by Gasteiger charge is 2.20. The molecule has 3 N–H and O–H groups in total. The first-order chi connectivity index (χ1) is 14.6. The number of H-pyrrole nitrogens is 1. The van der Waals surface area contributed by atoms with Crippen molar-refractivity contribution >= 4 is 33.2 Å². The van der Waals surface area contributed by atoms with Crippen LogP contribution in [0, 0.1) is 12.7 Å². The van der Waals surface area contributed by atoms with Gasteiger partial charge in [-0.25, -0.2) is 14.4 Å². The van der Waals surface area contributed by atoms with Crippen LogP contribution < -0.4 is 15.4 Å². The van der Waals surface area contributed by atoms with E-state index in [1.165, 1.54) is 12.1 Å². The molecule has 0 fully saturated rings. The quantitative estimate of drug-likeness (QED) is 0.477. The van der Waals surface area contributed by atoms with Crippen molar-refractivity contribution in [2.45, 2.75) is 13.3 Å². The number of aromatic amines is 1. The number of fused-ring (bicyclic) bond motifs is 3. The standard InChI is InChI=1S/C21H20FN7O/c1-11-25-9-14(10-26-11)30-21-28-18(12-3-5-24-6-4-12)17-15-7-13(22)8-16(23-2)19(15)27-20(17)29-21/h3,7-10,23-24H,4-6H2,1-2H3,(H,27,28,29). The molecule has 0 aliphatic carbocycles. The molecule has 0 amide bonds. The van der Waals surface area contributed by atoms with E-state index in [1.807, 2.05) is 0 Å². The highest BCUT2D eigenvalue weighted by atomic mass is 19.1. The predicted molar refractivity (Wildman–Crippen MR) is 113 cm³/mol.